The highest BCUT2D eigenvalue weighted by molar-refractivity contribution is 5.87. The number of hydrogen-bond acceptors (Lipinski definition) is 6. The van der Waals surface area contributed by atoms with Crippen LogP contribution >= 0.6 is 0 Å². The summed E-state index contributed by atoms with van der Waals surface area (Å²) in [5.41, 5.74) is 0.702. The molecular formula is C20H31N3O4. The molecule has 1 aliphatic heterocycles. The first-order chi connectivity index (χ1) is 12.7. The minimum Gasteiger partial charge on any atom is -0.464 e. The van der Waals surface area contributed by atoms with Crippen LogP contribution in [0.25, 0.3) is 0 Å². The summed E-state index contributed by atoms with van der Waals surface area (Å²) in [6, 6.07) is 3.72. The fourth-order valence-electron chi connectivity index (χ4n) is 3.30. The standard InChI is InChI=1S/C20H31N3O4/c1-7-8-16-13-22(15-9-10-17(21-11-15)18(24)26-6)14(2)12-23(16)19(25)27-20(3,4)5/h9-11,14,16H,7-8,12-13H2,1-6H3/t14-,16+/m1/s1. The number of rotatable bonds is 4. The second-order valence-electron chi connectivity index (χ2n) is 7.97. The molecule has 0 radical (unpaired) electrons. The fourth-order valence-corrected chi connectivity index (χ4v) is 3.30. The van der Waals surface area contributed by atoms with Crippen LogP contribution in [0.2, 0.25) is 0 Å². The fraction of sp³-hybridized carbons (Fsp3) is 0.650. The molecule has 0 bridgehead atoms. The van der Waals surface area contributed by atoms with E-state index in [1.807, 2.05) is 31.7 Å². The third kappa shape index (κ3) is 5.34. The summed E-state index contributed by atoms with van der Waals surface area (Å²) >= 11 is 0. The normalized spacial score (nSPS) is 20.4. The summed E-state index contributed by atoms with van der Waals surface area (Å²) < 4.78 is 10.3. The van der Waals surface area contributed by atoms with E-state index >= 15 is 0 Å². The van der Waals surface area contributed by atoms with Crippen LogP contribution in [0.3, 0.4) is 0 Å². The second-order valence-corrected chi connectivity index (χ2v) is 7.97. The smallest absolute Gasteiger partial charge is 0.410 e. The molecule has 2 atom stereocenters. The number of hydrogen-bond donors (Lipinski definition) is 0. The van der Waals surface area contributed by atoms with E-state index in [0.717, 1.165) is 18.5 Å². The quantitative estimate of drug-likeness (QED) is 0.748. The SMILES string of the molecule is CCC[C@H]1CN(c2ccc(C(=O)OC)nc2)[C@H](C)CN1C(=O)OC(C)(C)C. The van der Waals surface area contributed by atoms with E-state index in [9.17, 15) is 9.59 Å². The van der Waals surface area contributed by atoms with Crippen LogP contribution in [0, 0.1) is 0 Å². The maximum atomic E-state index is 12.7. The first-order valence-electron chi connectivity index (χ1n) is 9.47. The number of amides is 1. The van der Waals surface area contributed by atoms with Gasteiger partial charge in [0.05, 0.1) is 25.0 Å². The largest absolute Gasteiger partial charge is 0.464 e. The Bertz CT molecular complexity index is 654. The van der Waals surface area contributed by atoms with Gasteiger partial charge in [-0.1, -0.05) is 13.3 Å². The lowest BCUT2D eigenvalue weighted by Gasteiger charge is -2.46. The van der Waals surface area contributed by atoms with E-state index in [0.29, 0.717) is 13.1 Å². The number of methoxy groups -OCH3 is 1. The van der Waals surface area contributed by atoms with Crippen molar-refractivity contribution < 1.29 is 19.1 Å². The molecule has 1 aliphatic rings. The summed E-state index contributed by atoms with van der Waals surface area (Å²) in [5.74, 6) is -0.451. The third-order valence-electron chi connectivity index (χ3n) is 4.57. The van der Waals surface area contributed by atoms with E-state index in [1.54, 1.807) is 12.3 Å². The third-order valence-corrected chi connectivity index (χ3v) is 4.57. The topological polar surface area (TPSA) is 72.0 Å². The predicted octanol–water partition coefficient (Wildman–Crippen LogP) is 3.48. The number of anilines is 1. The van der Waals surface area contributed by atoms with Gasteiger partial charge in [-0.05, 0) is 46.2 Å². The van der Waals surface area contributed by atoms with Gasteiger partial charge in [0.15, 0.2) is 0 Å². The van der Waals surface area contributed by atoms with E-state index in [2.05, 4.69) is 23.7 Å². The summed E-state index contributed by atoms with van der Waals surface area (Å²) in [6.45, 7) is 11.1. The van der Waals surface area contributed by atoms with Gasteiger partial charge in [0.2, 0.25) is 0 Å². The second kappa shape index (κ2) is 8.59. The molecule has 2 heterocycles. The molecule has 150 valence electrons. The van der Waals surface area contributed by atoms with Crippen molar-refractivity contribution in [3.8, 4) is 0 Å². The summed E-state index contributed by atoms with van der Waals surface area (Å²) in [6.07, 6.45) is 3.31. The molecule has 0 aromatic carbocycles. The zero-order chi connectivity index (χ0) is 20.2. The number of carbonyl (C=O) groups excluding carboxylic acids is 2. The molecule has 7 heteroatoms. The van der Waals surface area contributed by atoms with Gasteiger partial charge < -0.3 is 19.3 Å². The molecular weight excluding hydrogens is 346 g/mol. The minimum absolute atomic E-state index is 0.0707. The number of piperazine rings is 1. The molecule has 0 saturated carbocycles. The molecule has 1 fully saturated rings. The number of aromatic nitrogens is 1. The molecule has 1 aromatic heterocycles. The molecule has 1 amide bonds. The highest BCUT2D eigenvalue weighted by Crippen LogP contribution is 2.26. The van der Waals surface area contributed by atoms with Gasteiger partial charge in [-0.2, -0.15) is 0 Å². The lowest BCUT2D eigenvalue weighted by atomic mass is 10.0. The van der Waals surface area contributed by atoms with Crippen LogP contribution in [0.15, 0.2) is 18.3 Å². The number of carbonyl (C=O) groups is 2. The van der Waals surface area contributed by atoms with Crippen molar-refractivity contribution in [3.05, 3.63) is 24.0 Å². The number of nitrogens with zero attached hydrogens (tertiary/aromatic N) is 3. The Morgan fingerprint density at radius 1 is 1.26 bits per heavy atom. The van der Waals surface area contributed by atoms with Gasteiger partial charge in [-0.25, -0.2) is 14.6 Å². The van der Waals surface area contributed by atoms with Crippen LogP contribution in [0.4, 0.5) is 10.5 Å². The Kier molecular flexibility index (Phi) is 6.68. The number of esters is 1. The van der Waals surface area contributed by atoms with Gasteiger partial charge in [0.1, 0.15) is 11.3 Å². The molecule has 2 rings (SSSR count). The van der Waals surface area contributed by atoms with Crippen LogP contribution in [-0.2, 0) is 9.47 Å². The molecule has 0 spiro atoms. The molecule has 0 N–H and O–H groups in total. The Balaban J connectivity index is 2.17. The van der Waals surface area contributed by atoms with E-state index in [4.69, 9.17) is 9.47 Å². The lowest BCUT2D eigenvalue weighted by Crippen LogP contribution is -2.59. The number of pyridine rings is 1. The Hall–Kier alpha value is -2.31. The van der Waals surface area contributed by atoms with Crippen molar-refractivity contribution in [1.82, 2.24) is 9.88 Å². The van der Waals surface area contributed by atoms with Crippen molar-refractivity contribution in [2.45, 2.75) is 65.1 Å². The van der Waals surface area contributed by atoms with Crippen LogP contribution in [-0.4, -0.2) is 59.8 Å². The van der Waals surface area contributed by atoms with E-state index in [1.165, 1.54) is 7.11 Å². The Labute approximate surface area is 161 Å². The maximum Gasteiger partial charge on any atom is 0.410 e. The monoisotopic (exact) mass is 377 g/mol. The van der Waals surface area contributed by atoms with Gasteiger partial charge in [0.25, 0.3) is 0 Å². The first kappa shape index (κ1) is 21.0. The summed E-state index contributed by atoms with van der Waals surface area (Å²) in [5, 5.41) is 0. The van der Waals surface area contributed by atoms with Crippen LogP contribution in [0.1, 0.15) is 57.9 Å². The zero-order valence-electron chi connectivity index (χ0n) is 17.2. The van der Waals surface area contributed by atoms with Crippen LogP contribution in [0.5, 0.6) is 0 Å². The average Bonchev–Trinajstić information content (AvgIpc) is 2.61. The van der Waals surface area contributed by atoms with Crippen molar-refractivity contribution in [3.63, 3.8) is 0 Å². The average molecular weight is 377 g/mol. The van der Waals surface area contributed by atoms with Crippen LogP contribution < -0.4 is 4.90 Å². The maximum absolute atomic E-state index is 12.7. The number of ether oxygens (including phenoxy) is 2. The predicted molar refractivity (Wildman–Crippen MR) is 104 cm³/mol. The van der Waals surface area contributed by atoms with Gasteiger partial charge in [0, 0.05) is 19.1 Å². The van der Waals surface area contributed by atoms with E-state index < -0.39 is 11.6 Å². The highest BCUT2D eigenvalue weighted by atomic mass is 16.6. The summed E-state index contributed by atoms with van der Waals surface area (Å²) in [7, 11) is 1.34. The zero-order valence-corrected chi connectivity index (χ0v) is 17.2. The first-order valence-corrected chi connectivity index (χ1v) is 9.47. The summed E-state index contributed by atoms with van der Waals surface area (Å²) in [4.78, 5) is 32.5. The van der Waals surface area contributed by atoms with Gasteiger partial charge >= 0.3 is 12.1 Å². The molecule has 0 unspecified atom stereocenters. The molecule has 1 saturated heterocycles. The lowest BCUT2D eigenvalue weighted by molar-refractivity contribution is 0.0100. The van der Waals surface area contributed by atoms with Gasteiger partial charge in [-0.15, -0.1) is 0 Å². The molecule has 27 heavy (non-hydrogen) atoms. The van der Waals surface area contributed by atoms with Crippen molar-refractivity contribution >= 4 is 17.7 Å². The minimum atomic E-state index is -0.512. The Morgan fingerprint density at radius 2 is 1.96 bits per heavy atom. The van der Waals surface area contributed by atoms with Crippen molar-refractivity contribution in [1.29, 1.82) is 0 Å². The molecule has 0 aliphatic carbocycles. The highest BCUT2D eigenvalue weighted by Gasteiger charge is 2.36. The molecule has 1 aromatic rings. The Morgan fingerprint density at radius 3 is 2.48 bits per heavy atom. The molecule has 7 nitrogen and oxygen atoms in total. The van der Waals surface area contributed by atoms with Gasteiger partial charge in [-0.3, -0.25) is 0 Å². The van der Waals surface area contributed by atoms with E-state index in [-0.39, 0.29) is 23.9 Å². The van der Waals surface area contributed by atoms with Crippen molar-refractivity contribution in [2.24, 2.45) is 0 Å². The van der Waals surface area contributed by atoms with Crippen molar-refractivity contribution in [2.75, 3.05) is 25.1 Å².